The number of carbonyl (C=O) groups is 3. The Morgan fingerprint density at radius 1 is 0.958 bits per heavy atom. The largest absolute Gasteiger partial charge is 0.492 e. The van der Waals surface area contributed by atoms with Crippen LogP contribution >= 0.6 is 0 Å². The minimum Gasteiger partial charge on any atom is -0.492 e. The third-order valence-electron chi connectivity index (χ3n) is 7.93. The summed E-state index contributed by atoms with van der Waals surface area (Å²) in [5, 5.41) is 17.5. The highest BCUT2D eigenvalue weighted by Gasteiger charge is 2.29. The number of ether oxygens (including phenoxy) is 1. The van der Waals surface area contributed by atoms with Crippen LogP contribution in [0, 0.1) is 11.7 Å². The molecule has 3 N–H and O–H groups in total. The van der Waals surface area contributed by atoms with E-state index in [1.807, 2.05) is 44.2 Å². The lowest BCUT2D eigenvalue weighted by molar-refractivity contribution is -0.123. The number of benzene rings is 3. The third-order valence-corrected chi connectivity index (χ3v) is 7.93. The van der Waals surface area contributed by atoms with Gasteiger partial charge in [0.05, 0.1) is 36.6 Å². The van der Waals surface area contributed by atoms with Crippen LogP contribution in [0.3, 0.4) is 0 Å². The molecule has 2 aromatic heterocycles. The molecule has 0 saturated heterocycles. The summed E-state index contributed by atoms with van der Waals surface area (Å²) in [6.45, 7) is 4.20. The van der Waals surface area contributed by atoms with Crippen LogP contribution in [-0.4, -0.2) is 73.8 Å². The maximum atomic E-state index is 14.1. The first-order valence-electron chi connectivity index (χ1n) is 15.7. The van der Waals surface area contributed by atoms with Gasteiger partial charge in [-0.3, -0.25) is 19.5 Å². The lowest BCUT2D eigenvalue weighted by Crippen LogP contribution is -2.46. The lowest BCUT2D eigenvalue weighted by atomic mass is 10.0. The number of fused-ring (bicyclic) bond motifs is 3. The molecule has 1 aliphatic heterocycles. The van der Waals surface area contributed by atoms with Gasteiger partial charge >= 0.3 is 0 Å². The molecule has 6 rings (SSSR count). The number of aromatic amines is 1. The van der Waals surface area contributed by atoms with Gasteiger partial charge in [-0.2, -0.15) is 10.2 Å². The number of nitrogens with zero attached hydrogens (tertiary/aromatic N) is 5. The highest BCUT2D eigenvalue weighted by Crippen LogP contribution is 2.26. The summed E-state index contributed by atoms with van der Waals surface area (Å²) in [7, 11) is 0. The molecule has 3 aromatic carbocycles. The van der Waals surface area contributed by atoms with Gasteiger partial charge in [0.1, 0.15) is 18.2 Å². The van der Waals surface area contributed by atoms with Crippen LogP contribution < -0.4 is 15.4 Å². The van der Waals surface area contributed by atoms with Gasteiger partial charge in [0.2, 0.25) is 5.91 Å². The summed E-state index contributed by atoms with van der Waals surface area (Å²) in [6.07, 6.45) is 1.34. The predicted octanol–water partition coefficient (Wildman–Crippen LogP) is 4.25. The van der Waals surface area contributed by atoms with Crippen molar-refractivity contribution in [3.05, 3.63) is 108 Å². The van der Waals surface area contributed by atoms with Crippen molar-refractivity contribution in [3.63, 3.8) is 0 Å². The van der Waals surface area contributed by atoms with E-state index in [0.717, 1.165) is 5.56 Å². The van der Waals surface area contributed by atoms with Crippen molar-refractivity contribution < 1.29 is 23.5 Å². The van der Waals surface area contributed by atoms with Crippen molar-refractivity contribution in [2.24, 2.45) is 5.92 Å². The number of carbonyl (C=O) groups excluding carboxylic acids is 3. The summed E-state index contributed by atoms with van der Waals surface area (Å²) < 4.78 is 21.8. The van der Waals surface area contributed by atoms with Crippen LogP contribution in [0.2, 0.25) is 0 Å². The minimum absolute atomic E-state index is 0.00262. The Kier molecular flexibility index (Phi) is 9.55. The standard InChI is InChI=1S/C35H35FN8O4/c1-22(2)30-33-40-32(23-8-4-3-5-9-23)42-44(33)16-17-48-27-13-7-11-25(19-27)34(46)37-14-15-43(21-29(45)39-30)35(47)28-20-38-41-31(28)24-10-6-12-26(36)18-24/h3-13,18-20,22,30H,14-17,21H2,1-2H3,(H,37,46)(H,38,41)(H,39,45)/t30-/m0/s1. The van der Waals surface area contributed by atoms with Gasteiger partial charge in [-0.1, -0.05) is 62.4 Å². The lowest BCUT2D eigenvalue weighted by Gasteiger charge is -2.26. The van der Waals surface area contributed by atoms with Crippen LogP contribution in [0.4, 0.5) is 4.39 Å². The molecule has 3 heterocycles. The Morgan fingerprint density at radius 3 is 2.52 bits per heavy atom. The van der Waals surface area contributed by atoms with Gasteiger partial charge in [0, 0.05) is 29.8 Å². The van der Waals surface area contributed by atoms with E-state index in [0.29, 0.717) is 40.8 Å². The number of amides is 3. The number of H-pyrrole nitrogens is 1. The summed E-state index contributed by atoms with van der Waals surface area (Å²) >= 11 is 0. The summed E-state index contributed by atoms with van der Waals surface area (Å²) in [6, 6.07) is 21.6. The summed E-state index contributed by atoms with van der Waals surface area (Å²) in [4.78, 5) is 47.0. The Morgan fingerprint density at radius 2 is 1.73 bits per heavy atom. The Balaban J connectivity index is 1.35. The van der Waals surface area contributed by atoms with Crippen molar-refractivity contribution in [2.75, 3.05) is 26.2 Å². The maximum absolute atomic E-state index is 14.1. The second-order valence-electron chi connectivity index (χ2n) is 11.7. The van der Waals surface area contributed by atoms with Crippen LogP contribution in [0.15, 0.2) is 85.1 Å². The Hall–Kier alpha value is -5.85. The molecular weight excluding hydrogens is 615 g/mol. The highest BCUT2D eigenvalue weighted by atomic mass is 19.1. The van der Waals surface area contributed by atoms with Crippen molar-refractivity contribution in [3.8, 4) is 28.4 Å². The van der Waals surface area contributed by atoms with Crippen LogP contribution in [-0.2, 0) is 11.3 Å². The quantitative estimate of drug-likeness (QED) is 0.264. The first-order chi connectivity index (χ1) is 23.3. The van der Waals surface area contributed by atoms with E-state index in [2.05, 4.69) is 20.8 Å². The minimum atomic E-state index is -0.560. The number of rotatable bonds is 4. The number of halogens is 1. The molecule has 246 valence electrons. The van der Waals surface area contributed by atoms with Gasteiger partial charge in [0.25, 0.3) is 11.8 Å². The highest BCUT2D eigenvalue weighted by molar-refractivity contribution is 6.01. The molecular formula is C35H35FN8O4. The van der Waals surface area contributed by atoms with E-state index in [-0.39, 0.29) is 43.6 Å². The van der Waals surface area contributed by atoms with Gasteiger partial charge < -0.3 is 20.3 Å². The zero-order valence-electron chi connectivity index (χ0n) is 26.5. The van der Waals surface area contributed by atoms with E-state index >= 15 is 0 Å². The third kappa shape index (κ3) is 7.25. The van der Waals surface area contributed by atoms with Gasteiger partial charge in [0.15, 0.2) is 11.6 Å². The first kappa shape index (κ1) is 32.1. The molecule has 0 radical (unpaired) electrons. The fourth-order valence-electron chi connectivity index (χ4n) is 5.50. The molecule has 1 aliphatic rings. The Bertz CT molecular complexity index is 1920. The average Bonchev–Trinajstić information content (AvgIpc) is 3.75. The number of hydrogen-bond donors (Lipinski definition) is 3. The molecule has 0 aliphatic carbocycles. The number of nitrogens with one attached hydrogen (secondary N) is 3. The summed E-state index contributed by atoms with van der Waals surface area (Å²) in [5.41, 5.74) is 2.09. The van der Waals surface area contributed by atoms with E-state index in [1.165, 1.54) is 29.3 Å². The van der Waals surface area contributed by atoms with Crippen molar-refractivity contribution >= 4 is 17.7 Å². The molecule has 0 unspecified atom stereocenters. The first-order valence-corrected chi connectivity index (χ1v) is 15.7. The second-order valence-corrected chi connectivity index (χ2v) is 11.7. The molecule has 13 heteroatoms. The van der Waals surface area contributed by atoms with Crippen LogP contribution in [0.1, 0.15) is 46.4 Å². The molecule has 48 heavy (non-hydrogen) atoms. The fourth-order valence-corrected chi connectivity index (χ4v) is 5.50. The maximum Gasteiger partial charge on any atom is 0.258 e. The monoisotopic (exact) mass is 650 g/mol. The molecule has 3 amide bonds. The predicted molar refractivity (Wildman–Crippen MR) is 175 cm³/mol. The SMILES string of the molecule is CC(C)[C@@H]1NC(=O)CN(C(=O)c2cn[nH]c2-c2cccc(F)c2)CCNC(=O)c2cccc(c2)OCCn2nc(-c3ccccc3)nc21. The zero-order valence-corrected chi connectivity index (χ0v) is 26.5. The molecule has 0 saturated carbocycles. The topological polar surface area (TPSA) is 147 Å². The van der Waals surface area contributed by atoms with Gasteiger partial charge in [-0.25, -0.2) is 14.1 Å². The van der Waals surface area contributed by atoms with Crippen molar-refractivity contribution in [1.82, 2.24) is 40.5 Å². The van der Waals surface area contributed by atoms with Crippen LogP contribution in [0.25, 0.3) is 22.6 Å². The smallest absolute Gasteiger partial charge is 0.258 e. The summed E-state index contributed by atoms with van der Waals surface area (Å²) in [5.74, 6) is -0.345. The molecule has 2 bridgehead atoms. The normalized spacial score (nSPS) is 16.0. The zero-order chi connectivity index (χ0) is 33.6. The number of hydrogen-bond acceptors (Lipinski definition) is 7. The van der Waals surface area contributed by atoms with Gasteiger partial charge in [-0.15, -0.1) is 0 Å². The molecule has 0 spiro atoms. The Labute approximate surface area is 276 Å². The van der Waals surface area contributed by atoms with E-state index in [4.69, 9.17) is 14.8 Å². The molecule has 1 atom stereocenters. The van der Waals surface area contributed by atoms with E-state index in [1.54, 1.807) is 35.0 Å². The fraction of sp³-hybridized carbons (Fsp3) is 0.257. The van der Waals surface area contributed by atoms with Crippen molar-refractivity contribution in [1.29, 1.82) is 0 Å². The van der Waals surface area contributed by atoms with E-state index < -0.39 is 23.7 Å². The number of aromatic nitrogens is 5. The molecule has 5 aromatic rings. The average molecular weight is 651 g/mol. The van der Waals surface area contributed by atoms with Gasteiger partial charge in [-0.05, 0) is 36.2 Å². The molecule has 12 nitrogen and oxygen atoms in total. The van der Waals surface area contributed by atoms with E-state index in [9.17, 15) is 18.8 Å². The van der Waals surface area contributed by atoms with Crippen LogP contribution in [0.5, 0.6) is 5.75 Å². The second kappa shape index (κ2) is 14.3. The van der Waals surface area contributed by atoms with Crippen molar-refractivity contribution in [2.45, 2.75) is 26.4 Å². The molecule has 0 fully saturated rings.